The zero-order valence-electron chi connectivity index (χ0n) is 16.7. The molecule has 1 saturated heterocycles. The van der Waals surface area contributed by atoms with Crippen molar-refractivity contribution in [3.63, 3.8) is 0 Å². The Kier molecular flexibility index (Phi) is 5.84. The number of halogens is 3. The van der Waals surface area contributed by atoms with Crippen molar-refractivity contribution < 1.29 is 22.7 Å². The number of carbonyl (C=O) groups excluding carboxylic acids is 1. The van der Waals surface area contributed by atoms with Crippen LogP contribution in [0.2, 0.25) is 0 Å². The predicted molar refractivity (Wildman–Crippen MR) is 114 cm³/mol. The van der Waals surface area contributed by atoms with E-state index < -0.39 is 17.6 Å². The molecule has 31 heavy (non-hydrogen) atoms. The Morgan fingerprint density at radius 1 is 0.871 bits per heavy atom. The summed E-state index contributed by atoms with van der Waals surface area (Å²) in [6.07, 6.45) is -2.82. The van der Waals surface area contributed by atoms with Crippen molar-refractivity contribution in [1.29, 1.82) is 0 Å². The van der Waals surface area contributed by atoms with Crippen LogP contribution in [0.4, 0.5) is 24.5 Å². The summed E-state index contributed by atoms with van der Waals surface area (Å²) in [6.45, 7) is 1.17. The molecule has 4 nitrogen and oxygen atoms in total. The average Bonchev–Trinajstić information content (AvgIpc) is 3.28. The fourth-order valence-corrected chi connectivity index (χ4v) is 3.60. The zero-order valence-corrected chi connectivity index (χ0v) is 16.7. The van der Waals surface area contributed by atoms with Crippen LogP contribution in [-0.2, 0) is 6.18 Å². The van der Waals surface area contributed by atoms with Gasteiger partial charge in [0.1, 0.15) is 11.5 Å². The number of amides is 1. The maximum atomic E-state index is 13.7. The van der Waals surface area contributed by atoms with Crippen molar-refractivity contribution in [3.8, 4) is 11.5 Å². The molecule has 0 aromatic heterocycles. The monoisotopic (exact) mass is 426 g/mol. The normalized spacial score (nSPS) is 13.8. The van der Waals surface area contributed by atoms with Gasteiger partial charge in [0, 0.05) is 36.1 Å². The van der Waals surface area contributed by atoms with E-state index >= 15 is 0 Å². The molecule has 0 atom stereocenters. The minimum absolute atomic E-state index is 0.0512. The van der Waals surface area contributed by atoms with Crippen LogP contribution in [0.3, 0.4) is 0 Å². The van der Waals surface area contributed by atoms with Gasteiger partial charge >= 0.3 is 6.18 Å². The lowest BCUT2D eigenvalue weighted by Crippen LogP contribution is -2.23. The first-order valence-corrected chi connectivity index (χ1v) is 10.0. The van der Waals surface area contributed by atoms with E-state index in [1.807, 2.05) is 18.2 Å². The summed E-state index contributed by atoms with van der Waals surface area (Å²) in [5.41, 5.74) is -0.289. The van der Waals surface area contributed by atoms with Crippen LogP contribution in [0.15, 0.2) is 72.8 Å². The summed E-state index contributed by atoms with van der Waals surface area (Å²) in [5, 5.41) is 2.65. The number of nitrogens with zero attached hydrogens (tertiary/aromatic N) is 1. The topological polar surface area (TPSA) is 41.6 Å². The van der Waals surface area contributed by atoms with Crippen LogP contribution in [0.25, 0.3) is 0 Å². The number of benzene rings is 3. The maximum Gasteiger partial charge on any atom is 0.418 e. The fourth-order valence-electron chi connectivity index (χ4n) is 3.60. The third-order valence-corrected chi connectivity index (χ3v) is 5.08. The smallest absolute Gasteiger partial charge is 0.418 e. The summed E-state index contributed by atoms with van der Waals surface area (Å²) >= 11 is 0. The van der Waals surface area contributed by atoms with Gasteiger partial charge in [0.15, 0.2) is 0 Å². The second kappa shape index (κ2) is 8.71. The predicted octanol–water partition coefficient (Wildman–Crippen LogP) is 6.35. The molecule has 0 unspecified atom stereocenters. The van der Waals surface area contributed by atoms with Crippen LogP contribution >= 0.6 is 0 Å². The Morgan fingerprint density at radius 3 is 2.29 bits per heavy atom. The summed E-state index contributed by atoms with van der Waals surface area (Å²) in [7, 11) is 0. The van der Waals surface area contributed by atoms with Gasteiger partial charge in [-0.25, -0.2) is 0 Å². The number of ether oxygens (including phenoxy) is 1. The van der Waals surface area contributed by atoms with Gasteiger partial charge < -0.3 is 15.0 Å². The molecule has 0 bridgehead atoms. The standard InChI is InChI=1S/C24H21F3N2O2/c25-24(26,27)21-15-17(11-12-22(21)29-13-4-5-14-29)23(30)28-18-7-6-10-20(16-18)31-19-8-2-1-3-9-19/h1-3,6-12,15-16H,4-5,13-14H2,(H,28,30). The summed E-state index contributed by atoms with van der Waals surface area (Å²) < 4.78 is 46.7. The molecule has 0 spiro atoms. The number of para-hydroxylation sites is 1. The van der Waals surface area contributed by atoms with E-state index in [4.69, 9.17) is 4.74 Å². The molecule has 0 saturated carbocycles. The molecule has 1 heterocycles. The number of hydrogen-bond donors (Lipinski definition) is 1. The van der Waals surface area contributed by atoms with E-state index in [1.54, 1.807) is 41.3 Å². The highest BCUT2D eigenvalue weighted by molar-refractivity contribution is 6.04. The van der Waals surface area contributed by atoms with Crippen molar-refractivity contribution in [2.24, 2.45) is 0 Å². The minimum atomic E-state index is -4.54. The lowest BCUT2D eigenvalue weighted by Gasteiger charge is -2.23. The highest BCUT2D eigenvalue weighted by Crippen LogP contribution is 2.38. The Bertz CT molecular complexity index is 1060. The highest BCUT2D eigenvalue weighted by atomic mass is 19.4. The maximum absolute atomic E-state index is 13.7. The van der Waals surface area contributed by atoms with Crippen molar-refractivity contribution in [3.05, 3.63) is 83.9 Å². The molecule has 3 aromatic carbocycles. The first-order chi connectivity index (χ1) is 14.9. The van der Waals surface area contributed by atoms with E-state index in [9.17, 15) is 18.0 Å². The van der Waals surface area contributed by atoms with Gasteiger partial charge in [-0.1, -0.05) is 24.3 Å². The number of alkyl halides is 3. The van der Waals surface area contributed by atoms with Crippen LogP contribution < -0.4 is 15.0 Å². The Morgan fingerprint density at radius 2 is 1.58 bits per heavy atom. The molecule has 1 aliphatic rings. The van der Waals surface area contributed by atoms with Gasteiger partial charge in [-0.05, 0) is 55.3 Å². The number of nitrogens with one attached hydrogen (secondary N) is 1. The summed E-state index contributed by atoms with van der Waals surface area (Å²) in [6, 6.07) is 19.6. The number of anilines is 2. The average molecular weight is 426 g/mol. The molecular formula is C24H21F3N2O2. The van der Waals surface area contributed by atoms with Gasteiger partial charge in [-0.2, -0.15) is 13.2 Å². The SMILES string of the molecule is O=C(Nc1cccc(Oc2ccccc2)c1)c1ccc(N2CCCC2)c(C(F)(F)F)c1. The Hall–Kier alpha value is -3.48. The molecule has 3 aromatic rings. The Labute approximate surface area is 178 Å². The lowest BCUT2D eigenvalue weighted by atomic mass is 10.1. The van der Waals surface area contributed by atoms with E-state index in [1.165, 1.54) is 12.1 Å². The van der Waals surface area contributed by atoms with E-state index in [0.717, 1.165) is 18.9 Å². The molecule has 160 valence electrons. The Balaban J connectivity index is 1.54. The first kappa shape index (κ1) is 20.8. The second-order valence-electron chi connectivity index (χ2n) is 7.32. The van der Waals surface area contributed by atoms with Gasteiger partial charge in [-0.15, -0.1) is 0 Å². The number of hydrogen-bond acceptors (Lipinski definition) is 3. The molecule has 1 fully saturated rings. The fraction of sp³-hybridized carbons (Fsp3) is 0.208. The van der Waals surface area contributed by atoms with Crippen LogP contribution in [0.5, 0.6) is 11.5 Å². The van der Waals surface area contributed by atoms with Gasteiger partial charge in [0.2, 0.25) is 0 Å². The first-order valence-electron chi connectivity index (χ1n) is 10.0. The minimum Gasteiger partial charge on any atom is -0.457 e. The molecule has 1 N–H and O–H groups in total. The van der Waals surface area contributed by atoms with Gasteiger partial charge in [0.25, 0.3) is 5.91 Å². The van der Waals surface area contributed by atoms with E-state index in [-0.39, 0.29) is 11.3 Å². The van der Waals surface area contributed by atoms with Crippen molar-refractivity contribution in [2.45, 2.75) is 19.0 Å². The number of carbonyl (C=O) groups is 1. The molecule has 0 radical (unpaired) electrons. The second-order valence-corrected chi connectivity index (χ2v) is 7.32. The molecule has 1 amide bonds. The number of rotatable bonds is 5. The van der Waals surface area contributed by atoms with E-state index in [0.29, 0.717) is 30.3 Å². The van der Waals surface area contributed by atoms with Crippen molar-refractivity contribution in [2.75, 3.05) is 23.3 Å². The molecular weight excluding hydrogens is 405 g/mol. The van der Waals surface area contributed by atoms with Crippen LogP contribution in [0.1, 0.15) is 28.8 Å². The third kappa shape index (κ3) is 4.99. The lowest BCUT2D eigenvalue weighted by molar-refractivity contribution is -0.137. The van der Waals surface area contributed by atoms with Crippen molar-refractivity contribution >= 4 is 17.3 Å². The molecule has 7 heteroatoms. The third-order valence-electron chi connectivity index (χ3n) is 5.08. The summed E-state index contributed by atoms with van der Waals surface area (Å²) in [5.74, 6) is 0.526. The van der Waals surface area contributed by atoms with Crippen LogP contribution in [0, 0.1) is 0 Å². The molecule has 4 rings (SSSR count). The molecule has 1 aliphatic heterocycles. The quantitative estimate of drug-likeness (QED) is 0.517. The van der Waals surface area contributed by atoms with Crippen LogP contribution in [-0.4, -0.2) is 19.0 Å². The van der Waals surface area contributed by atoms with Gasteiger partial charge in [0.05, 0.1) is 5.56 Å². The van der Waals surface area contributed by atoms with E-state index in [2.05, 4.69) is 5.32 Å². The largest absolute Gasteiger partial charge is 0.457 e. The zero-order chi connectivity index (χ0) is 21.8. The molecule has 0 aliphatic carbocycles. The van der Waals surface area contributed by atoms with Crippen molar-refractivity contribution in [1.82, 2.24) is 0 Å². The summed E-state index contributed by atoms with van der Waals surface area (Å²) in [4.78, 5) is 14.4. The van der Waals surface area contributed by atoms with Gasteiger partial charge in [-0.3, -0.25) is 4.79 Å². The highest BCUT2D eigenvalue weighted by Gasteiger charge is 2.36.